The highest BCUT2D eigenvalue weighted by Gasteiger charge is 2.37. The van der Waals surface area contributed by atoms with Crippen molar-refractivity contribution in [2.75, 3.05) is 27.7 Å². The van der Waals surface area contributed by atoms with E-state index in [-0.39, 0.29) is 13.1 Å². The zero-order valence-electron chi connectivity index (χ0n) is 24.4. The summed E-state index contributed by atoms with van der Waals surface area (Å²) >= 11 is 0. The van der Waals surface area contributed by atoms with Crippen LogP contribution in [-0.4, -0.2) is 67.8 Å². The molecule has 0 fully saturated rings. The number of carbonyl (C=O) groups is 2. The Hall–Kier alpha value is -3.06. The maximum absolute atomic E-state index is 12.6. The van der Waals surface area contributed by atoms with Gasteiger partial charge in [0.25, 0.3) is 5.91 Å². The molecule has 10 N–H and O–H groups in total. The maximum Gasteiger partial charge on any atom is 0.322 e. The molecular weight excluding hydrogens is 512 g/mol. The molecule has 0 aliphatic heterocycles. The molecule has 0 aliphatic carbocycles. The number of aliphatic hydroxyl groups is 1. The Morgan fingerprint density at radius 3 is 1.98 bits per heavy atom. The summed E-state index contributed by atoms with van der Waals surface area (Å²) in [5.41, 5.74) is 14.8. The molecule has 0 saturated carbocycles. The average Bonchev–Trinajstić information content (AvgIpc) is 2.98. The van der Waals surface area contributed by atoms with Gasteiger partial charge in [0.05, 0.1) is 5.66 Å². The van der Waals surface area contributed by atoms with Crippen LogP contribution in [0.1, 0.15) is 66.2 Å². The highest BCUT2D eigenvalue weighted by atomic mass is 16.5. The Bertz CT molecular complexity index is 1150. The number of nitrogens with two attached hydrogens (primary N) is 2. The van der Waals surface area contributed by atoms with Gasteiger partial charge in [-0.15, -0.1) is 0 Å². The number of rotatable bonds is 16. The molecule has 2 atom stereocenters. The van der Waals surface area contributed by atoms with E-state index in [1.54, 1.807) is 27.2 Å². The van der Waals surface area contributed by atoms with Crippen molar-refractivity contribution in [2.45, 2.75) is 70.1 Å². The van der Waals surface area contributed by atoms with Gasteiger partial charge in [-0.25, -0.2) is 0 Å². The number of likely N-dealkylation sites (N-methyl/N-ethyl adjacent to an activating group) is 3. The zero-order chi connectivity index (χ0) is 30.1. The van der Waals surface area contributed by atoms with E-state index < -0.39 is 41.8 Å². The molecule has 0 spiro atoms. The summed E-state index contributed by atoms with van der Waals surface area (Å²) in [7, 11) is 5.23. The molecule has 1 amide bonds. The van der Waals surface area contributed by atoms with E-state index in [1.165, 1.54) is 0 Å². The lowest BCUT2D eigenvalue weighted by Crippen LogP contribution is -2.66. The fourth-order valence-electron chi connectivity index (χ4n) is 5.06. The van der Waals surface area contributed by atoms with Crippen LogP contribution >= 0.6 is 0 Å². The molecular formula is C29H46N6O5. The number of carboxylic acids is 1. The average molecular weight is 559 g/mol. The Morgan fingerprint density at radius 1 is 0.950 bits per heavy atom. The lowest BCUT2D eigenvalue weighted by atomic mass is 9.69. The van der Waals surface area contributed by atoms with Crippen molar-refractivity contribution in [3.8, 4) is 5.75 Å². The number of hydrogen-bond donors (Lipinski definition) is 8. The fraction of sp³-hybridized carbons (Fsp3) is 0.517. The Kier molecular flexibility index (Phi) is 12.0. The third-order valence-electron chi connectivity index (χ3n) is 8.02. The third-order valence-corrected chi connectivity index (χ3v) is 8.02. The van der Waals surface area contributed by atoms with Crippen LogP contribution < -0.4 is 37.5 Å². The summed E-state index contributed by atoms with van der Waals surface area (Å²) in [5.74, 6) is -1.03. The highest BCUT2D eigenvalue weighted by Crippen LogP contribution is 2.41. The predicted octanol–water partition coefficient (Wildman–Crippen LogP) is 0.965. The van der Waals surface area contributed by atoms with Gasteiger partial charge in [-0.1, -0.05) is 32.0 Å². The first-order chi connectivity index (χ1) is 19.0. The molecule has 11 nitrogen and oxygen atoms in total. The lowest BCUT2D eigenvalue weighted by molar-refractivity contribution is -0.135. The van der Waals surface area contributed by atoms with Crippen LogP contribution in [-0.2, 0) is 23.3 Å². The van der Waals surface area contributed by atoms with Crippen molar-refractivity contribution < 1.29 is 24.5 Å². The van der Waals surface area contributed by atoms with Crippen LogP contribution in [0.5, 0.6) is 5.75 Å². The number of carboxylic acid groups (broad SMARTS) is 1. The van der Waals surface area contributed by atoms with Crippen molar-refractivity contribution in [1.82, 2.24) is 21.3 Å². The molecule has 0 radical (unpaired) electrons. The number of hydrogen-bond acceptors (Lipinski definition) is 9. The minimum absolute atomic E-state index is 0.125. The van der Waals surface area contributed by atoms with Gasteiger partial charge in [-0.2, -0.15) is 0 Å². The van der Waals surface area contributed by atoms with Gasteiger partial charge in [0.15, 0.2) is 6.23 Å². The SMILES string of the molecule is CCC(CC)(c1ccc(OC(NC)C(O)C(C)(NC)NC)c(CN)c1)c1ccc(C(=O)NCC(=O)O)c(CN)c1. The topological polar surface area (TPSA) is 184 Å². The molecule has 2 unspecified atom stereocenters. The second-order valence-corrected chi connectivity index (χ2v) is 9.94. The van der Waals surface area contributed by atoms with E-state index in [2.05, 4.69) is 35.1 Å². The molecule has 2 rings (SSSR count). The van der Waals surface area contributed by atoms with Gasteiger partial charge in [0.1, 0.15) is 18.4 Å². The number of ether oxygens (including phenoxy) is 1. The first-order valence-electron chi connectivity index (χ1n) is 13.6. The van der Waals surface area contributed by atoms with Crippen molar-refractivity contribution in [3.63, 3.8) is 0 Å². The van der Waals surface area contributed by atoms with Crippen molar-refractivity contribution in [3.05, 3.63) is 64.2 Å². The smallest absolute Gasteiger partial charge is 0.322 e. The van der Waals surface area contributed by atoms with Gasteiger partial charge in [0.2, 0.25) is 0 Å². The van der Waals surface area contributed by atoms with Crippen LogP contribution in [0.4, 0.5) is 0 Å². The summed E-state index contributed by atoms with van der Waals surface area (Å²) in [6.07, 6.45) is -0.134. The van der Waals surface area contributed by atoms with Gasteiger partial charge in [0, 0.05) is 29.6 Å². The molecule has 40 heavy (non-hydrogen) atoms. The van der Waals surface area contributed by atoms with E-state index in [0.29, 0.717) is 16.9 Å². The predicted molar refractivity (Wildman–Crippen MR) is 156 cm³/mol. The van der Waals surface area contributed by atoms with E-state index in [4.69, 9.17) is 21.3 Å². The minimum Gasteiger partial charge on any atom is -0.480 e. The van der Waals surface area contributed by atoms with E-state index in [0.717, 1.165) is 29.5 Å². The summed E-state index contributed by atoms with van der Waals surface area (Å²) in [6.45, 7) is 5.94. The summed E-state index contributed by atoms with van der Waals surface area (Å²) < 4.78 is 6.23. The summed E-state index contributed by atoms with van der Waals surface area (Å²) in [5, 5.41) is 31.5. The number of aliphatic hydroxyl groups excluding tert-OH is 1. The molecule has 0 aromatic heterocycles. The van der Waals surface area contributed by atoms with Gasteiger partial charge in [-0.3, -0.25) is 14.9 Å². The number of carbonyl (C=O) groups excluding carboxylic acids is 1. The Morgan fingerprint density at radius 2 is 1.50 bits per heavy atom. The largest absolute Gasteiger partial charge is 0.480 e. The van der Waals surface area contributed by atoms with E-state index in [9.17, 15) is 14.7 Å². The molecule has 0 bridgehead atoms. The van der Waals surface area contributed by atoms with Crippen molar-refractivity contribution >= 4 is 11.9 Å². The summed E-state index contributed by atoms with van der Waals surface area (Å²) in [4.78, 5) is 23.5. The number of benzene rings is 2. The van der Waals surface area contributed by atoms with Crippen LogP contribution in [0.15, 0.2) is 36.4 Å². The maximum atomic E-state index is 12.6. The van der Waals surface area contributed by atoms with Crippen LogP contribution in [0.2, 0.25) is 0 Å². The van der Waals surface area contributed by atoms with E-state index in [1.807, 2.05) is 37.3 Å². The quantitative estimate of drug-likeness (QED) is 0.138. The monoisotopic (exact) mass is 558 g/mol. The summed E-state index contributed by atoms with van der Waals surface area (Å²) in [6, 6.07) is 11.5. The number of aliphatic carboxylic acids is 1. The molecule has 2 aromatic carbocycles. The molecule has 0 aliphatic rings. The third kappa shape index (κ3) is 6.98. The minimum atomic E-state index is -1.12. The normalized spacial score (nSPS) is 13.5. The molecule has 222 valence electrons. The van der Waals surface area contributed by atoms with Gasteiger partial charge in [-0.05, 0) is 75.8 Å². The van der Waals surface area contributed by atoms with E-state index >= 15 is 0 Å². The molecule has 0 saturated heterocycles. The number of amides is 1. The zero-order valence-corrected chi connectivity index (χ0v) is 24.4. The van der Waals surface area contributed by atoms with Crippen molar-refractivity contribution in [2.24, 2.45) is 11.5 Å². The van der Waals surface area contributed by atoms with Crippen LogP contribution in [0.25, 0.3) is 0 Å². The Labute approximate surface area is 237 Å². The van der Waals surface area contributed by atoms with Crippen LogP contribution in [0, 0.1) is 0 Å². The number of nitrogens with one attached hydrogen (secondary N) is 4. The second kappa shape index (κ2) is 14.5. The second-order valence-electron chi connectivity index (χ2n) is 9.94. The van der Waals surface area contributed by atoms with Gasteiger partial charge < -0.3 is 42.4 Å². The van der Waals surface area contributed by atoms with Gasteiger partial charge >= 0.3 is 5.97 Å². The molecule has 11 heteroatoms. The van der Waals surface area contributed by atoms with Crippen molar-refractivity contribution in [1.29, 1.82) is 0 Å². The molecule has 0 heterocycles. The Balaban J connectivity index is 2.51. The standard InChI is InChI=1S/C29H46N6O5/c1-7-29(8-2,20-9-11-22(18(13-20)15-30)26(39)35-17-24(36)37)21-10-12-23(19(14-21)16-31)40-27(32-4)25(38)28(3,33-5)34-6/h9-14,25,27,32-34,38H,7-8,15-17,30-31H2,1-6H3,(H,35,39)(H,36,37). The van der Waals surface area contributed by atoms with Crippen LogP contribution in [0.3, 0.4) is 0 Å². The molecule has 2 aromatic rings. The fourth-order valence-corrected chi connectivity index (χ4v) is 5.06. The first kappa shape index (κ1) is 33.1. The lowest BCUT2D eigenvalue weighted by Gasteiger charge is -2.38. The highest BCUT2D eigenvalue weighted by molar-refractivity contribution is 5.97. The first-order valence-corrected chi connectivity index (χ1v) is 13.6.